The number of rotatable bonds is 3. The molecule has 1 N–H and O–H groups in total. The first kappa shape index (κ1) is 13.4. The maximum Gasteiger partial charge on any atom is 0.141 e. The van der Waals surface area contributed by atoms with Gasteiger partial charge >= 0.3 is 0 Å². The molecule has 20 heavy (non-hydrogen) atoms. The zero-order valence-electron chi connectivity index (χ0n) is 11.2. The van der Waals surface area contributed by atoms with Crippen molar-refractivity contribution in [2.75, 3.05) is 5.32 Å². The van der Waals surface area contributed by atoms with Crippen LogP contribution in [-0.4, -0.2) is 6.04 Å². The predicted molar refractivity (Wildman–Crippen MR) is 81.9 cm³/mol. The fraction of sp³-hybridized carbons (Fsp3) is 0.294. The van der Waals surface area contributed by atoms with Gasteiger partial charge in [0.2, 0.25) is 0 Å². The number of halogens is 2. The van der Waals surface area contributed by atoms with Crippen molar-refractivity contribution in [1.82, 2.24) is 0 Å². The topological polar surface area (TPSA) is 12.0 Å². The van der Waals surface area contributed by atoms with E-state index in [1.165, 1.54) is 17.3 Å². The minimum atomic E-state index is -0.347. The second kappa shape index (κ2) is 5.84. The average molecular weight is 290 g/mol. The van der Waals surface area contributed by atoms with Crippen LogP contribution in [0.1, 0.15) is 24.0 Å². The smallest absolute Gasteiger partial charge is 0.141 e. The van der Waals surface area contributed by atoms with Gasteiger partial charge in [0.25, 0.3) is 0 Å². The molecule has 0 saturated heterocycles. The van der Waals surface area contributed by atoms with Crippen LogP contribution < -0.4 is 5.32 Å². The highest BCUT2D eigenvalue weighted by atomic mass is 35.5. The summed E-state index contributed by atoms with van der Waals surface area (Å²) in [7, 11) is 0. The highest BCUT2D eigenvalue weighted by Crippen LogP contribution is 2.26. The maximum atomic E-state index is 13.1. The number of aryl methyl sites for hydroxylation is 2. The molecular weight excluding hydrogens is 273 g/mol. The first-order valence-corrected chi connectivity index (χ1v) is 7.38. The summed E-state index contributed by atoms with van der Waals surface area (Å²) in [6.45, 7) is 0. The van der Waals surface area contributed by atoms with Gasteiger partial charge in [0.15, 0.2) is 0 Å². The summed E-state index contributed by atoms with van der Waals surface area (Å²) < 4.78 is 13.1. The van der Waals surface area contributed by atoms with E-state index in [0.29, 0.717) is 6.04 Å². The first-order chi connectivity index (χ1) is 9.72. The van der Waals surface area contributed by atoms with Gasteiger partial charge in [-0.15, -0.1) is 0 Å². The Morgan fingerprint density at radius 2 is 2.05 bits per heavy atom. The molecule has 2 aromatic rings. The van der Waals surface area contributed by atoms with Crippen LogP contribution in [0.2, 0.25) is 5.02 Å². The number of anilines is 1. The van der Waals surface area contributed by atoms with E-state index in [-0.39, 0.29) is 10.8 Å². The SMILES string of the molecule is Fc1ccc(CCC2CCc3ccccc3N2)cc1Cl. The van der Waals surface area contributed by atoms with Crippen molar-refractivity contribution in [3.63, 3.8) is 0 Å². The molecule has 3 rings (SSSR count). The Morgan fingerprint density at radius 3 is 2.90 bits per heavy atom. The Hall–Kier alpha value is -1.54. The van der Waals surface area contributed by atoms with Gasteiger partial charge in [0, 0.05) is 11.7 Å². The van der Waals surface area contributed by atoms with Crippen molar-refractivity contribution in [1.29, 1.82) is 0 Å². The summed E-state index contributed by atoms with van der Waals surface area (Å²) in [5.41, 5.74) is 3.74. The van der Waals surface area contributed by atoms with E-state index in [4.69, 9.17) is 11.6 Å². The molecule has 1 aliphatic heterocycles. The zero-order chi connectivity index (χ0) is 13.9. The minimum absolute atomic E-state index is 0.212. The number of benzene rings is 2. The van der Waals surface area contributed by atoms with Gasteiger partial charge in [-0.25, -0.2) is 4.39 Å². The fourth-order valence-corrected chi connectivity index (χ4v) is 2.96. The molecule has 0 saturated carbocycles. The number of hydrogen-bond donors (Lipinski definition) is 1. The monoisotopic (exact) mass is 289 g/mol. The molecule has 1 atom stereocenters. The molecule has 0 bridgehead atoms. The number of hydrogen-bond acceptors (Lipinski definition) is 1. The Labute approximate surface area is 123 Å². The Morgan fingerprint density at radius 1 is 1.20 bits per heavy atom. The largest absolute Gasteiger partial charge is 0.382 e. The van der Waals surface area contributed by atoms with Crippen molar-refractivity contribution in [3.05, 3.63) is 64.4 Å². The number of para-hydroxylation sites is 1. The van der Waals surface area contributed by atoms with Gasteiger partial charge in [-0.05, 0) is 55.0 Å². The molecule has 0 amide bonds. The molecule has 0 aliphatic carbocycles. The molecule has 1 nitrogen and oxygen atoms in total. The Kier molecular flexibility index (Phi) is 3.93. The predicted octanol–water partition coefficient (Wildman–Crippen LogP) is 4.84. The molecule has 1 heterocycles. The van der Waals surface area contributed by atoms with Crippen LogP contribution >= 0.6 is 11.6 Å². The zero-order valence-corrected chi connectivity index (χ0v) is 12.0. The van der Waals surface area contributed by atoms with Crippen molar-refractivity contribution in [2.45, 2.75) is 31.7 Å². The van der Waals surface area contributed by atoms with Crippen LogP contribution in [0.3, 0.4) is 0 Å². The van der Waals surface area contributed by atoms with E-state index in [1.54, 1.807) is 6.07 Å². The third kappa shape index (κ3) is 2.96. The molecule has 0 aromatic heterocycles. The van der Waals surface area contributed by atoms with Gasteiger partial charge < -0.3 is 5.32 Å². The average Bonchev–Trinajstić information content (AvgIpc) is 2.48. The molecule has 104 valence electrons. The quantitative estimate of drug-likeness (QED) is 0.852. The molecule has 0 fully saturated rings. The van der Waals surface area contributed by atoms with Gasteiger partial charge in [-0.2, -0.15) is 0 Å². The molecule has 1 unspecified atom stereocenters. The van der Waals surface area contributed by atoms with Crippen molar-refractivity contribution < 1.29 is 4.39 Å². The summed E-state index contributed by atoms with van der Waals surface area (Å²) >= 11 is 5.81. The molecule has 1 aliphatic rings. The van der Waals surface area contributed by atoms with Crippen LogP contribution in [0.25, 0.3) is 0 Å². The van der Waals surface area contributed by atoms with E-state index in [2.05, 4.69) is 29.6 Å². The number of fused-ring (bicyclic) bond motifs is 1. The molecule has 0 spiro atoms. The standard InChI is InChI=1S/C17H17ClFN/c18-15-11-12(6-10-16(15)19)5-8-14-9-7-13-3-1-2-4-17(13)20-14/h1-4,6,10-11,14,20H,5,7-9H2. The van der Waals surface area contributed by atoms with Crippen molar-refractivity contribution >= 4 is 17.3 Å². The molecule has 3 heteroatoms. The summed E-state index contributed by atoms with van der Waals surface area (Å²) in [5, 5.41) is 3.80. The van der Waals surface area contributed by atoms with Gasteiger partial charge in [-0.3, -0.25) is 0 Å². The Balaban J connectivity index is 1.61. The van der Waals surface area contributed by atoms with Crippen molar-refractivity contribution in [2.24, 2.45) is 0 Å². The highest BCUT2D eigenvalue weighted by Gasteiger charge is 2.16. The summed E-state index contributed by atoms with van der Waals surface area (Å²) in [6.07, 6.45) is 4.22. The lowest BCUT2D eigenvalue weighted by atomic mass is 9.94. The lowest BCUT2D eigenvalue weighted by molar-refractivity contribution is 0.585. The van der Waals surface area contributed by atoms with Crippen LogP contribution in [0.5, 0.6) is 0 Å². The van der Waals surface area contributed by atoms with Gasteiger partial charge in [0.05, 0.1) is 5.02 Å². The minimum Gasteiger partial charge on any atom is -0.382 e. The normalized spacial score (nSPS) is 17.4. The third-order valence-electron chi connectivity index (χ3n) is 3.90. The van der Waals surface area contributed by atoms with E-state index < -0.39 is 0 Å². The third-order valence-corrected chi connectivity index (χ3v) is 4.19. The second-order valence-electron chi connectivity index (χ2n) is 5.32. The molecular formula is C17H17ClFN. The van der Waals surface area contributed by atoms with Crippen LogP contribution in [-0.2, 0) is 12.8 Å². The van der Waals surface area contributed by atoms with Crippen LogP contribution in [0.4, 0.5) is 10.1 Å². The number of nitrogens with one attached hydrogen (secondary N) is 1. The van der Waals surface area contributed by atoms with Crippen LogP contribution in [0.15, 0.2) is 42.5 Å². The van der Waals surface area contributed by atoms with E-state index >= 15 is 0 Å². The first-order valence-electron chi connectivity index (χ1n) is 7.01. The van der Waals surface area contributed by atoms with E-state index in [0.717, 1.165) is 31.2 Å². The van der Waals surface area contributed by atoms with Crippen molar-refractivity contribution in [3.8, 4) is 0 Å². The second-order valence-corrected chi connectivity index (χ2v) is 5.73. The summed E-state index contributed by atoms with van der Waals surface area (Å²) in [5.74, 6) is -0.347. The fourth-order valence-electron chi connectivity index (χ4n) is 2.75. The highest BCUT2D eigenvalue weighted by molar-refractivity contribution is 6.30. The lowest BCUT2D eigenvalue weighted by Gasteiger charge is -2.27. The molecule has 0 radical (unpaired) electrons. The van der Waals surface area contributed by atoms with E-state index in [1.807, 2.05) is 6.07 Å². The van der Waals surface area contributed by atoms with Crippen LogP contribution in [0, 0.1) is 5.82 Å². The molecule has 2 aromatic carbocycles. The summed E-state index contributed by atoms with van der Waals surface area (Å²) in [4.78, 5) is 0. The summed E-state index contributed by atoms with van der Waals surface area (Å²) in [6, 6.07) is 13.9. The Bertz CT molecular complexity index is 612. The van der Waals surface area contributed by atoms with Gasteiger partial charge in [0.1, 0.15) is 5.82 Å². The van der Waals surface area contributed by atoms with Gasteiger partial charge in [-0.1, -0.05) is 35.9 Å². The maximum absolute atomic E-state index is 13.1. The lowest BCUT2D eigenvalue weighted by Crippen LogP contribution is -2.25. The van der Waals surface area contributed by atoms with E-state index in [9.17, 15) is 4.39 Å².